The van der Waals surface area contributed by atoms with Crippen molar-refractivity contribution in [2.75, 3.05) is 13.2 Å². The lowest BCUT2D eigenvalue weighted by Gasteiger charge is -2.15. The first-order valence-electron chi connectivity index (χ1n) is 9.47. The molecule has 1 saturated heterocycles. The number of aromatic nitrogens is 1. The molecule has 1 unspecified atom stereocenters. The predicted octanol–water partition coefficient (Wildman–Crippen LogP) is 3.84. The van der Waals surface area contributed by atoms with Crippen LogP contribution in [0.25, 0.3) is 10.9 Å². The third-order valence-corrected chi connectivity index (χ3v) is 6.27. The number of rotatable bonds is 7. The van der Waals surface area contributed by atoms with Crippen molar-refractivity contribution in [2.45, 2.75) is 31.9 Å². The first-order chi connectivity index (χ1) is 14.0. The summed E-state index contributed by atoms with van der Waals surface area (Å²) in [6, 6.07) is 8.07. The third-order valence-electron chi connectivity index (χ3n) is 4.90. The molecule has 7 heteroatoms. The van der Waals surface area contributed by atoms with Crippen LogP contribution in [0.3, 0.4) is 0 Å². The zero-order valence-corrected chi connectivity index (χ0v) is 17.3. The number of amides is 1. The van der Waals surface area contributed by atoms with E-state index in [0.717, 1.165) is 22.9 Å². The fraction of sp³-hybridized carbons (Fsp3) is 0.318. The molecule has 1 aromatic heterocycles. The Hall–Kier alpha value is -2.98. The second kappa shape index (κ2) is 9.01. The molecule has 29 heavy (non-hydrogen) atoms. The van der Waals surface area contributed by atoms with E-state index >= 15 is 0 Å². The van der Waals surface area contributed by atoms with Gasteiger partial charge in [0.1, 0.15) is 17.7 Å². The molecule has 0 saturated carbocycles. The first kappa shape index (κ1) is 20.7. The number of esters is 1. The number of para-hydroxylation sites is 1. The monoisotopic (exact) mass is 409 g/mol. The Morgan fingerprint density at radius 2 is 2.28 bits per heavy atom. The summed E-state index contributed by atoms with van der Waals surface area (Å²) in [6.45, 7) is 7.80. The third kappa shape index (κ3) is 4.08. The van der Waals surface area contributed by atoms with Gasteiger partial charge < -0.3 is 14.6 Å². The molecule has 0 bridgehead atoms. The van der Waals surface area contributed by atoms with Gasteiger partial charge in [-0.2, -0.15) is 5.26 Å². The Balaban J connectivity index is 1.80. The summed E-state index contributed by atoms with van der Waals surface area (Å²) in [5.41, 5.74) is 3.32. The number of ether oxygens (including phenoxy) is 1. The molecule has 1 atom stereocenters. The number of benzene rings is 1. The smallest absolute Gasteiger partial charge is 0.351 e. The maximum absolute atomic E-state index is 12.9. The fourth-order valence-corrected chi connectivity index (χ4v) is 4.77. The summed E-state index contributed by atoms with van der Waals surface area (Å²) in [5.74, 6) is -0.804. The molecule has 1 fully saturated rings. The number of fused-ring (bicyclic) bond motifs is 1. The molecule has 1 aromatic carbocycles. The van der Waals surface area contributed by atoms with Gasteiger partial charge in [-0.25, -0.2) is 4.79 Å². The maximum atomic E-state index is 12.9. The zero-order valence-electron chi connectivity index (χ0n) is 16.5. The number of aryl methyl sites for hydroxylation is 2. The second-order valence-electron chi connectivity index (χ2n) is 6.72. The number of nitriles is 1. The van der Waals surface area contributed by atoms with E-state index in [1.165, 1.54) is 28.3 Å². The van der Waals surface area contributed by atoms with E-state index in [1.807, 2.05) is 25.3 Å². The van der Waals surface area contributed by atoms with Crippen molar-refractivity contribution in [3.05, 3.63) is 58.8 Å². The lowest BCUT2D eigenvalue weighted by atomic mass is 10.0. The average molecular weight is 410 g/mol. The molecule has 6 nitrogen and oxygen atoms in total. The zero-order chi connectivity index (χ0) is 21.0. The van der Waals surface area contributed by atoms with E-state index in [1.54, 1.807) is 0 Å². The number of thioether (sulfide) groups is 1. The van der Waals surface area contributed by atoms with Crippen molar-refractivity contribution >= 4 is 34.5 Å². The van der Waals surface area contributed by atoms with Crippen molar-refractivity contribution in [1.29, 1.82) is 5.26 Å². The highest BCUT2D eigenvalue weighted by atomic mass is 32.2. The highest BCUT2D eigenvalue weighted by Crippen LogP contribution is 2.39. The summed E-state index contributed by atoms with van der Waals surface area (Å²) in [5, 5.41) is 10.7. The van der Waals surface area contributed by atoms with Gasteiger partial charge in [-0.05, 0) is 37.8 Å². The molecule has 1 aliphatic rings. The molecule has 1 N–H and O–H groups in total. The number of hydrogen-bond acceptors (Lipinski definition) is 5. The van der Waals surface area contributed by atoms with Crippen LogP contribution in [-0.4, -0.2) is 40.2 Å². The second-order valence-corrected chi connectivity index (χ2v) is 7.91. The number of nitrogens with one attached hydrogen (secondary N) is 1. The van der Waals surface area contributed by atoms with Gasteiger partial charge in [-0.15, -0.1) is 0 Å². The van der Waals surface area contributed by atoms with Crippen molar-refractivity contribution in [3.8, 4) is 6.07 Å². The Labute approximate surface area is 174 Å². The lowest BCUT2D eigenvalue weighted by Crippen LogP contribution is -2.29. The van der Waals surface area contributed by atoms with Gasteiger partial charge in [0, 0.05) is 23.6 Å². The molecule has 3 rings (SSSR count). The van der Waals surface area contributed by atoms with Gasteiger partial charge in [0.15, 0.2) is 5.57 Å². The molecule has 0 radical (unpaired) electrons. The molecule has 0 aliphatic carbocycles. The molecule has 2 aromatic rings. The van der Waals surface area contributed by atoms with Gasteiger partial charge in [0.2, 0.25) is 5.91 Å². The van der Waals surface area contributed by atoms with Crippen molar-refractivity contribution < 1.29 is 14.3 Å². The molecular weight excluding hydrogens is 386 g/mol. The number of carbonyl (C=O) groups excluding carboxylic acids is 2. The SMILES string of the molecule is C=CCOC(=O)C(C#N)=C1SC(CCc2c[nH]c3c(C)cccc23)C(=O)N1CC. The minimum atomic E-state index is -0.728. The van der Waals surface area contributed by atoms with Crippen LogP contribution in [0.4, 0.5) is 0 Å². The van der Waals surface area contributed by atoms with Crippen LogP contribution in [0, 0.1) is 18.3 Å². The highest BCUT2D eigenvalue weighted by molar-refractivity contribution is 8.04. The Bertz CT molecular complexity index is 1030. The normalized spacial score (nSPS) is 18.0. The average Bonchev–Trinajstić information content (AvgIpc) is 3.27. The van der Waals surface area contributed by atoms with Crippen LogP contribution >= 0.6 is 11.8 Å². The van der Waals surface area contributed by atoms with Crippen LogP contribution < -0.4 is 0 Å². The minimum Gasteiger partial charge on any atom is -0.457 e. The topological polar surface area (TPSA) is 86.2 Å². The summed E-state index contributed by atoms with van der Waals surface area (Å²) in [6.07, 6.45) is 4.77. The number of carbonyl (C=O) groups is 2. The predicted molar refractivity (Wildman–Crippen MR) is 114 cm³/mol. The Kier molecular flexibility index (Phi) is 6.45. The largest absolute Gasteiger partial charge is 0.457 e. The van der Waals surface area contributed by atoms with E-state index in [2.05, 4.69) is 30.6 Å². The van der Waals surface area contributed by atoms with Crippen LogP contribution in [-0.2, 0) is 20.7 Å². The number of nitrogens with zero attached hydrogens (tertiary/aromatic N) is 2. The van der Waals surface area contributed by atoms with Gasteiger partial charge in [-0.3, -0.25) is 4.79 Å². The van der Waals surface area contributed by atoms with Crippen molar-refractivity contribution in [3.63, 3.8) is 0 Å². The Morgan fingerprint density at radius 3 is 2.97 bits per heavy atom. The summed E-state index contributed by atoms with van der Waals surface area (Å²) < 4.78 is 5.01. The van der Waals surface area contributed by atoms with Crippen LogP contribution in [0.5, 0.6) is 0 Å². The van der Waals surface area contributed by atoms with E-state index in [0.29, 0.717) is 18.0 Å². The van der Waals surface area contributed by atoms with Crippen molar-refractivity contribution in [2.24, 2.45) is 0 Å². The lowest BCUT2D eigenvalue weighted by molar-refractivity contribution is -0.137. The van der Waals surface area contributed by atoms with E-state index in [9.17, 15) is 14.9 Å². The van der Waals surface area contributed by atoms with Crippen molar-refractivity contribution in [1.82, 2.24) is 9.88 Å². The first-order valence-corrected chi connectivity index (χ1v) is 10.4. The Morgan fingerprint density at radius 1 is 1.48 bits per heavy atom. The van der Waals surface area contributed by atoms with Crippen LogP contribution in [0.2, 0.25) is 0 Å². The summed E-state index contributed by atoms with van der Waals surface area (Å²) >= 11 is 1.27. The number of aromatic amines is 1. The van der Waals surface area contributed by atoms with Gasteiger partial charge in [0.25, 0.3) is 0 Å². The van der Waals surface area contributed by atoms with Gasteiger partial charge >= 0.3 is 5.97 Å². The number of hydrogen-bond donors (Lipinski definition) is 1. The standard InChI is InChI=1S/C22H23N3O3S/c1-4-11-28-22(27)17(12-23)21-25(5-2)20(26)18(29-21)10-9-15-13-24-19-14(3)7-6-8-16(15)19/h4,6-8,13,18,24H,1,5,9-11H2,2-3H3. The molecule has 150 valence electrons. The maximum Gasteiger partial charge on any atom is 0.351 e. The highest BCUT2D eigenvalue weighted by Gasteiger charge is 2.39. The minimum absolute atomic E-state index is 0.0193. The van der Waals surface area contributed by atoms with E-state index < -0.39 is 5.97 Å². The molecule has 1 amide bonds. The summed E-state index contributed by atoms with van der Waals surface area (Å²) in [7, 11) is 0. The fourth-order valence-electron chi connectivity index (χ4n) is 3.44. The van der Waals surface area contributed by atoms with E-state index in [4.69, 9.17) is 4.74 Å². The number of H-pyrrole nitrogens is 1. The molecule has 0 spiro atoms. The van der Waals surface area contributed by atoms with Gasteiger partial charge in [0.05, 0.1) is 5.25 Å². The van der Waals surface area contributed by atoms with Crippen LogP contribution in [0.1, 0.15) is 24.5 Å². The van der Waals surface area contributed by atoms with Crippen LogP contribution in [0.15, 0.2) is 47.7 Å². The quantitative estimate of drug-likeness (QED) is 0.325. The molecule has 1 aliphatic heterocycles. The van der Waals surface area contributed by atoms with Gasteiger partial charge in [-0.1, -0.05) is 42.6 Å². The summed E-state index contributed by atoms with van der Waals surface area (Å²) in [4.78, 5) is 29.9. The molecule has 2 heterocycles. The van der Waals surface area contributed by atoms with E-state index in [-0.39, 0.29) is 23.3 Å². The molecular formula is C22H23N3O3S.